The molecule has 216 valence electrons. The number of nitrogens with zero attached hydrogens (tertiary/aromatic N) is 6. The lowest BCUT2D eigenvalue weighted by Gasteiger charge is -2.18. The van der Waals surface area contributed by atoms with Gasteiger partial charge in [0.15, 0.2) is 0 Å². The van der Waals surface area contributed by atoms with E-state index in [1.54, 1.807) is 13.8 Å². The molecule has 2 aromatic rings. The summed E-state index contributed by atoms with van der Waals surface area (Å²) in [4.78, 5) is 54.4. The predicted molar refractivity (Wildman–Crippen MR) is 150 cm³/mol. The molecule has 4 atom stereocenters. The van der Waals surface area contributed by atoms with Crippen LogP contribution in [-0.4, -0.2) is 81.3 Å². The number of carbonyl (C=O) groups is 4. The first-order valence-corrected chi connectivity index (χ1v) is 13.7. The number of rotatable bonds is 2. The van der Waals surface area contributed by atoms with Crippen molar-refractivity contribution in [3.05, 3.63) is 56.6 Å². The number of anilines is 2. The fraction of sp³-hybridized carbons (Fsp3) is 0.357. The second-order valence-corrected chi connectivity index (χ2v) is 11.0. The van der Waals surface area contributed by atoms with Gasteiger partial charge in [-0.3, -0.25) is 9.59 Å². The second-order valence-electron chi connectivity index (χ2n) is 10.3. The van der Waals surface area contributed by atoms with Gasteiger partial charge in [-0.05, 0) is 62.1 Å². The van der Waals surface area contributed by atoms with Gasteiger partial charge >= 0.3 is 12.1 Å². The number of fused-ring (bicyclic) bond motifs is 2. The Balaban J connectivity index is 0.000000168. The van der Waals surface area contributed by atoms with E-state index < -0.39 is 48.2 Å². The van der Waals surface area contributed by atoms with Gasteiger partial charge < -0.3 is 20.0 Å². The SMILES string of the molecule is Cc1c(N2C(=O)[C@@H]3[C@H](O)CCN3C2=O)ccc(C#N)c1Cl.Cc1c(N2C(=O)[C@@H]3[C@H](O)CCN3C2=O)ccc(C#N)c1Cl. The number of amides is 6. The van der Waals surface area contributed by atoms with Crippen LogP contribution in [0.2, 0.25) is 10.0 Å². The van der Waals surface area contributed by atoms with Gasteiger partial charge in [-0.15, -0.1) is 0 Å². The zero-order chi connectivity index (χ0) is 30.6. The Labute approximate surface area is 250 Å². The minimum absolute atomic E-state index is 0.225. The minimum Gasteiger partial charge on any atom is -0.390 e. The third-order valence-electron chi connectivity index (χ3n) is 7.99. The van der Waals surface area contributed by atoms with Crippen molar-refractivity contribution in [3.63, 3.8) is 0 Å². The van der Waals surface area contributed by atoms with E-state index in [-0.39, 0.29) is 21.2 Å². The highest BCUT2D eigenvalue weighted by atomic mass is 35.5. The van der Waals surface area contributed by atoms with Gasteiger partial charge in [0.2, 0.25) is 0 Å². The van der Waals surface area contributed by atoms with E-state index >= 15 is 0 Å². The van der Waals surface area contributed by atoms with Crippen LogP contribution in [0.3, 0.4) is 0 Å². The fourth-order valence-electron chi connectivity index (χ4n) is 5.74. The Kier molecular flexibility index (Phi) is 7.60. The van der Waals surface area contributed by atoms with Gasteiger partial charge in [0, 0.05) is 13.1 Å². The van der Waals surface area contributed by atoms with Crippen molar-refractivity contribution in [1.82, 2.24) is 9.80 Å². The molecule has 12 nitrogen and oxygen atoms in total. The molecule has 0 unspecified atom stereocenters. The molecule has 2 aromatic carbocycles. The van der Waals surface area contributed by atoms with Crippen molar-refractivity contribution < 1.29 is 29.4 Å². The molecule has 0 saturated carbocycles. The van der Waals surface area contributed by atoms with Crippen LogP contribution in [0.15, 0.2) is 24.3 Å². The third-order valence-corrected chi connectivity index (χ3v) is 8.97. The summed E-state index contributed by atoms with van der Waals surface area (Å²) in [6.45, 7) is 4.02. The highest BCUT2D eigenvalue weighted by molar-refractivity contribution is 6.34. The number of hydrogen-bond donors (Lipinski definition) is 2. The van der Waals surface area contributed by atoms with Crippen LogP contribution in [0.1, 0.15) is 35.1 Å². The van der Waals surface area contributed by atoms with Crippen LogP contribution in [0.5, 0.6) is 0 Å². The topological polar surface area (TPSA) is 169 Å². The number of halogens is 2. The highest BCUT2D eigenvalue weighted by Gasteiger charge is 2.54. The van der Waals surface area contributed by atoms with E-state index in [4.69, 9.17) is 33.7 Å². The van der Waals surface area contributed by atoms with Crippen molar-refractivity contribution in [2.45, 2.75) is 51.0 Å². The normalized spacial score (nSPS) is 24.5. The first-order valence-electron chi connectivity index (χ1n) is 13.0. The maximum absolute atomic E-state index is 12.4. The Morgan fingerprint density at radius 3 is 1.38 bits per heavy atom. The molecule has 4 saturated heterocycles. The monoisotopic (exact) mass is 610 g/mol. The molecule has 0 aliphatic carbocycles. The van der Waals surface area contributed by atoms with Crippen molar-refractivity contribution in [1.29, 1.82) is 10.5 Å². The summed E-state index contributed by atoms with van der Waals surface area (Å²) in [5, 5.41) is 38.0. The van der Waals surface area contributed by atoms with Crippen LogP contribution in [0.25, 0.3) is 0 Å². The summed E-state index contributed by atoms with van der Waals surface area (Å²) in [6, 6.07) is 7.39. The molecule has 0 spiro atoms. The van der Waals surface area contributed by atoms with E-state index in [0.717, 1.165) is 9.80 Å². The molecule has 6 amide bonds. The molecule has 4 aliphatic heterocycles. The van der Waals surface area contributed by atoms with E-state index in [0.29, 0.717) is 48.4 Å². The van der Waals surface area contributed by atoms with Crippen LogP contribution < -0.4 is 9.80 Å². The molecule has 4 heterocycles. The summed E-state index contributed by atoms with van der Waals surface area (Å²) in [5.74, 6) is -0.900. The quantitative estimate of drug-likeness (QED) is 0.489. The van der Waals surface area contributed by atoms with Gasteiger partial charge in [-0.1, -0.05) is 23.2 Å². The van der Waals surface area contributed by atoms with Crippen molar-refractivity contribution in [2.75, 3.05) is 22.9 Å². The van der Waals surface area contributed by atoms with Gasteiger partial charge in [0.1, 0.15) is 24.2 Å². The summed E-state index contributed by atoms with van der Waals surface area (Å²) in [6.07, 6.45) is -0.854. The highest BCUT2D eigenvalue weighted by Crippen LogP contribution is 2.37. The number of benzene rings is 2. The average Bonchev–Trinajstić information content (AvgIpc) is 3.68. The van der Waals surface area contributed by atoms with Gasteiger partial charge in [-0.2, -0.15) is 10.5 Å². The summed E-state index contributed by atoms with van der Waals surface area (Å²) in [5.41, 5.74) is 2.28. The molecular formula is C28H24Cl2N6O6. The maximum atomic E-state index is 12.4. The lowest BCUT2D eigenvalue weighted by molar-refractivity contribution is -0.122. The Morgan fingerprint density at radius 1 is 0.714 bits per heavy atom. The summed E-state index contributed by atoms with van der Waals surface area (Å²) in [7, 11) is 0. The number of aliphatic hydroxyl groups excluding tert-OH is 2. The zero-order valence-electron chi connectivity index (χ0n) is 22.4. The average molecular weight is 611 g/mol. The predicted octanol–water partition coefficient (Wildman–Crippen LogP) is 2.84. The van der Waals surface area contributed by atoms with Crippen molar-refractivity contribution >= 4 is 58.5 Å². The zero-order valence-corrected chi connectivity index (χ0v) is 23.9. The molecule has 4 aliphatic rings. The van der Waals surface area contributed by atoms with Gasteiger partial charge in [0.05, 0.1) is 44.8 Å². The largest absolute Gasteiger partial charge is 0.390 e. The van der Waals surface area contributed by atoms with E-state index in [1.165, 1.54) is 34.1 Å². The standard InChI is InChI=1S/2C14H12ClN3O3/c2*1-7-9(3-2-8(6-16)11(7)15)18-13(20)12-10(19)4-5-17(12)14(18)21/h2*2-3,10,12,19H,4-5H2,1H3/t2*10-,12+/m11/s1. The number of imide groups is 2. The molecule has 0 aromatic heterocycles. The smallest absolute Gasteiger partial charge is 0.332 e. The number of urea groups is 2. The minimum atomic E-state index is -0.833. The van der Waals surface area contributed by atoms with Crippen molar-refractivity contribution in [3.8, 4) is 12.1 Å². The van der Waals surface area contributed by atoms with Crippen LogP contribution >= 0.6 is 23.2 Å². The van der Waals surface area contributed by atoms with Crippen LogP contribution in [-0.2, 0) is 9.59 Å². The number of hydrogen-bond acceptors (Lipinski definition) is 8. The maximum Gasteiger partial charge on any atom is 0.332 e. The third kappa shape index (κ3) is 4.35. The first kappa shape index (κ1) is 29.3. The molecule has 0 bridgehead atoms. The lowest BCUT2D eigenvalue weighted by Crippen LogP contribution is -2.36. The molecule has 2 N–H and O–H groups in total. The summed E-state index contributed by atoms with van der Waals surface area (Å²) < 4.78 is 0. The number of nitriles is 2. The molecule has 6 rings (SSSR count). The number of aliphatic hydroxyl groups is 2. The lowest BCUT2D eigenvalue weighted by atomic mass is 10.1. The van der Waals surface area contributed by atoms with Crippen LogP contribution in [0.4, 0.5) is 21.0 Å². The van der Waals surface area contributed by atoms with E-state index in [2.05, 4.69) is 0 Å². The molecule has 0 radical (unpaired) electrons. The molecule has 4 fully saturated rings. The Hall–Kier alpha value is -4.20. The van der Waals surface area contributed by atoms with E-state index in [9.17, 15) is 29.4 Å². The van der Waals surface area contributed by atoms with Crippen LogP contribution in [0, 0.1) is 36.5 Å². The fourth-order valence-corrected chi connectivity index (χ4v) is 6.14. The molecule has 42 heavy (non-hydrogen) atoms. The van der Waals surface area contributed by atoms with Gasteiger partial charge in [0.25, 0.3) is 11.8 Å². The van der Waals surface area contributed by atoms with Gasteiger partial charge in [-0.25, -0.2) is 19.4 Å². The van der Waals surface area contributed by atoms with Crippen molar-refractivity contribution in [2.24, 2.45) is 0 Å². The molecule has 14 heteroatoms. The number of carbonyl (C=O) groups excluding carboxylic acids is 4. The summed E-state index contributed by atoms with van der Waals surface area (Å²) >= 11 is 12.2. The van der Waals surface area contributed by atoms with E-state index in [1.807, 2.05) is 12.1 Å². The first-order chi connectivity index (χ1) is 19.9. The Morgan fingerprint density at radius 2 is 1.07 bits per heavy atom. The molecular weight excluding hydrogens is 587 g/mol. The Bertz CT molecular complexity index is 1510. The second kappa shape index (κ2) is 10.9.